The molecule has 1 unspecified atom stereocenters. The van der Waals surface area contributed by atoms with E-state index in [0.29, 0.717) is 0 Å². The zero-order valence-corrected chi connectivity index (χ0v) is 4.57. The van der Waals surface area contributed by atoms with Gasteiger partial charge in [0.25, 0.3) is 0 Å². The van der Waals surface area contributed by atoms with Gasteiger partial charge in [-0.05, 0) is 0 Å². The molecule has 0 aromatic carbocycles. The summed E-state index contributed by atoms with van der Waals surface area (Å²) >= 11 is -0.264. The minimum atomic E-state index is -0.264. The zero-order valence-electron chi connectivity index (χ0n) is 2.47. The third-order valence-electron chi connectivity index (χ3n) is 0.288. The van der Waals surface area contributed by atoms with Crippen LogP contribution in [0.25, 0.3) is 0 Å². The van der Waals surface area contributed by atoms with Crippen molar-refractivity contribution in [3.8, 4) is 0 Å². The van der Waals surface area contributed by atoms with Crippen molar-refractivity contribution in [1.29, 1.82) is 0 Å². The van der Waals surface area contributed by atoms with Crippen molar-refractivity contribution in [3.05, 3.63) is 11.1 Å². The van der Waals surface area contributed by atoms with Crippen molar-refractivity contribution in [1.82, 2.24) is 0 Å². The summed E-state index contributed by atoms with van der Waals surface area (Å²) in [7, 11) is 0. The van der Waals surface area contributed by atoms with Crippen LogP contribution < -0.4 is 0 Å². The van der Waals surface area contributed by atoms with Gasteiger partial charge in [-0.2, -0.15) is 0 Å². The Bertz CT molecular complexity index is 45.6. The van der Waals surface area contributed by atoms with Crippen LogP contribution in [-0.2, 0) is 8.76 Å². The van der Waals surface area contributed by atoms with Crippen LogP contribution in [0.3, 0.4) is 0 Å². The van der Waals surface area contributed by atoms with Gasteiger partial charge in [0.15, 0.2) is 0 Å². The Morgan fingerprint density at radius 3 is 2.80 bits per heavy atom. The number of hydrogen-bond donors (Lipinski definition) is 0. The van der Waals surface area contributed by atoms with Gasteiger partial charge in [-0.1, -0.05) is 0 Å². The van der Waals surface area contributed by atoms with Crippen molar-refractivity contribution >= 4 is 16.1 Å². The van der Waals surface area contributed by atoms with Crippen LogP contribution in [0.2, 0.25) is 0 Å². The Kier molecular flexibility index (Phi) is 0.966. The molecule has 0 saturated carbocycles. The van der Waals surface area contributed by atoms with E-state index in [9.17, 15) is 0 Å². The maximum atomic E-state index is 4.46. The summed E-state index contributed by atoms with van der Waals surface area (Å²) in [5.74, 6) is 0. The summed E-state index contributed by atoms with van der Waals surface area (Å²) in [5, 5.41) is 0. The molecule has 1 aliphatic heterocycles. The summed E-state index contributed by atoms with van der Waals surface area (Å²) in [4.78, 5) is 6.24. The molecule has 0 aromatic heterocycles. The van der Waals surface area contributed by atoms with E-state index in [2.05, 4.69) is 8.76 Å². The molecule has 1 aliphatic rings. The first-order chi connectivity index (χ1) is 2.50. The molecule has 3 heteroatoms. The Morgan fingerprint density at radius 2 is 2.60 bits per heavy atom. The quantitative estimate of drug-likeness (QED) is 0.336. The molecular weight excluding hydrogens is 131 g/mol. The van der Waals surface area contributed by atoms with Crippen LogP contribution in [-0.4, -0.2) is 16.1 Å². The molecule has 0 N–H and O–H groups in total. The molecule has 0 radical (unpaired) electrons. The molecule has 0 saturated heterocycles. The van der Waals surface area contributed by atoms with E-state index < -0.39 is 0 Å². The van der Waals surface area contributed by atoms with Crippen LogP contribution in [0.5, 0.6) is 0 Å². The molecule has 1 heterocycles. The summed E-state index contributed by atoms with van der Waals surface area (Å²) in [6.07, 6.45) is 1.57. The normalized spacial score (nSPS) is 24.0. The van der Waals surface area contributed by atoms with E-state index >= 15 is 0 Å². The van der Waals surface area contributed by atoms with Gasteiger partial charge in [0.05, 0.1) is 0 Å². The van der Waals surface area contributed by atoms with Crippen molar-refractivity contribution in [2.75, 3.05) is 0 Å². The predicted octanol–water partition coefficient (Wildman–Crippen LogP) is -0.229. The fourth-order valence-electron chi connectivity index (χ4n) is 0.139. The Morgan fingerprint density at radius 1 is 1.60 bits per heavy atom. The first-order valence-electron chi connectivity index (χ1n) is 1.23. The fourth-order valence-corrected chi connectivity index (χ4v) is 0.722. The maximum absolute atomic E-state index is 4.46. The topological polar surface area (TPSA) is 18.5 Å². The molecule has 0 amide bonds. The van der Waals surface area contributed by atoms with Gasteiger partial charge in [0.1, 0.15) is 0 Å². The molecule has 1 atom stereocenters. The number of hydrogen-bond acceptors (Lipinski definition) is 2. The molecular formula is C2H3AsO2. The van der Waals surface area contributed by atoms with Crippen LogP contribution >= 0.6 is 0 Å². The molecule has 0 bridgehead atoms. The molecule has 28 valence electrons. The second-order valence-electron chi connectivity index (χ2n) is 0.600. The summed E-state index contributed by atoms with van der Waals surface area (Å²) < 4.78 is 4.46. The third kappa shape index (κ3) is 0.672. The second kappa shape index (κ2) is 1.48. The van der Waals surface area contributed by atoms with Gasteiger partial charge < -0.3 is 0 Å². The average molecular weight is 134 g/mol. The molecule has 0 fully saturated rings. The van der Waals surface area contributed by atoms with E-state index in [0.717, 1.165) is 0 Å². The van der Waals surface area contributed by atoms with Gasteiger partial charge in [-0.15, -0.1) is 0 Å². The van der Waals surface area contributed by atoms with E-state index in [1.54, 1.807) is 6.26 Å². The first kappa shape index (κ1) is 3.26. The van der Waals surface area contributed by atoms with Crippen molar-refractivity contribution in [2.45, 2.75) is 0 Å². The fraction of sp³-hybridized carbons (Fsp3) is 0. The van der Waals surface area contributed by atoms with E-state index in [1.807, 2.05) is 4.86 Å². The zero-order chi connectivity index (χ0) is 3.54. The molecule has 0 aliphatic carbocycles. The van der Waals surface area contributed by atoms with Crippen LogP contribution in [0, 0.1) is 0 Å². The third-order valence-corrected chi connectivity index (χ3v) is 1.26. The molecule has 0 spiro atoms. The van der Waals surface area contributed by atoms with Gasteiger partial charge >= 0.3 is 36.0 Å². The summed E-state index contributed by atoms with van der Waals surface area (Å²) in [5.41, 5.74) is 0. The number of rotatable bonds is 0. The van der Waals surface area contributed by atoms with Crippen molar-refractivity contribution in [2.24, 2.45) is 0 Å². The molecule has 0 aromatic rings. The molecule has 5 heavy (non-hydrogen) atoms. The Labute approximate surface area is 36.7 Å². The minimum absolute atomic E-state index is 0.264. The first-order valence-corrected chi connectivity index (χ1v) is 3.30. The van der Waals surface area contributed by atoms with E-state index in [4.69, 9.17) is 0 Å². The van der Waals surface area contributed by atoms with Crippen molar-refractivity contribution in [3.63, 3.8) is 0 Å². The SMILES string of the molecule is C1=C[AsH]OO1. The molecule has 1 rings (SSSR count). The Balaban J connectivity index is 2.32. The van der Waals surface area contributed by atoms with Gasteiger partial charge in [-0.25, -0.2) is 0 Å². The van der Waals surface area contributed by atoms with Crippen LogP contribution in [0.1, 0.15) is 0 Å². The standard InChI is InChI=1S/C2H3AsO2/c1-2-4-5-3-1/h1-3H. The summed E-state index contributed by atoms with van der Waals surface area (Å²) in [6.45, 7) is 0. The average Bonchev–Trinajstić information content (AvgIpc) is 1.76. The van der Waals surface area contributed by atoms with E-state index in [1.165, 1.54) is 0 Å². The van der Waals surface area contributed by atoms with Gasteiger partial charge in [0.2, 0.25) is 0 Å². The monoisotopic (exact) mass is 134 g/mol. The van der Waals surface area contributed by atoms with Crippen molar-refractivity contribution < 1.29 is 8.76 Å². The van der Waals surface area contributed by atoms with Crippen LogP contribution in [0.15, 0.2) is 11.1 Å². The second-order valence-corrected chi connectivity index (χ2v) is 2.14. The predicted molar refractivity (Wildman–Crippen MR) is 18.5 cm³/mol. The van der Waals surface area contributed by atoms with E-state index in [-0.39, 0.29) is 16.1 Å². The molecule has 2 nitrogen and oxygen atoms in total. The van der Waals surface area contributed by atoms with Gasteiger partial charge in [0, 0.05) is 0 Å². The summed E-state index contributed by atoms with van der Waals surface area (Å²) in [6, 6.07) is 0. The Hall–Kier alpha value is 0.0584. The van der Waals surface area contributed by atoms with Crippen LogP contribution in [0.4, 0.5) is 0 Å². The van der Waals surface area contributed by atoms with Gasteiger partial charge in [-0.3, -0.25) is 0 Å².